The fourth-order valence-corrected chi connectivity index (χ4v) is 4.56. The second kappa shape index (κ2) is 11.7. The van der Waals surface area contributed by atoms with Gasteiger partial charge < -0.3 is 14.8 Å². The first-order valence-corrected chi connectivity index (χ1v) is 12.8. The van der Waals surface area contributed by atoms with Gasteiger partial charge in [0.05, 0.1) is 0 Å². The number of aliphatic carboxylic acids is 1. The summed E-state index contributed by atoms with van der Waals surface area (Å²) >= 11 is 0. The van der Waals surface area contributed by atoms with Crippen molar-refractivity contribution in [2.75, 3.05) is 0 Å². The van der Waals surface area contributed by atoms with E-state index in [9.17, 15) is 9.59 Å². The standard InChI is InChI=1S/C31H29N3O4/c35-29(36)12-6-2-5-11-25(24-10-7-17-32-19-24)22-13-15-23(16-14-22)31-34-28(20-38-31)30(37)33-27-18-26(27)21-8-3-1-4-9-21/h1,3-4,7-11,13-17,19-20,26-27H,2,5-6,12,18H2,(H,33,37)(H,35,36)/b25-11+. The number of nitrogens with one attached hydrogen (secondary N) is 1. The molecule has 192 valence electrons. The van der Waals surface area contributed by atoms with Crippen LogP contribution in [0.1, 0.15) is 65.2 Å². The van der Waals surface area contributed by atoms with Crippen LogP contribution in [-0.2, 0) is 4.79 Å². The number of carboxylic acids is 1. The molecular weight excluding hydrogens is 478 g/mol. The molecule has 5 rings (SSSR count). The second-order valence-corrected chi connectivity index (χ2v) is 9.45. The van der Waals surface area contributed by atoms with E-state index in [0.717, 1.165) is 41.5 Å². The highest BCUT2D eigenvalue weighted by molar-refractivity contribution is 5.93. The number of hydrogen-bond donors (Lipinski definition) is 2. The van der Waals surface area contributed by atoms with Gasteiger partial charge in [-0.3, -0.25) is 14.6 Å². The minimum atomic E-state index is -0.770. The summed E-state index contributed by atoms with van der Waals surface area (Å²) in [4.78, 5) is 32.2. The third-order valence-electron chi connectivity index (χ3n) is 6.68. The number of carbonyl (C=O) groups is 2. The van der Waals surface area contributed by atoms with E-state index in [1.165, 1.54) is 11.8 Å². The average molecular weight is 508 g/mol. The van der Waals surface area contributed by atoms with E-state index in [1.54, 1.807) is 6.20 Å². The second-order valence-electron chi connectivity index (χ2n) is 9.45. The maximum absolute atomic E-state index is 12.7. The minimum Gasteiger partial charge on any atom is -0.481 e. The van der Waals surface area contributed by atoms with Crippen molar-refractivity contribution in [3.8, 4) is 11.5 Å². The molecule has 1 aliphatic rings. The number of rotatable bonds is 11. The van der Waals surface area contributed by atoms with E-state index in [-0.39, 0.29) is 24.1 Å². The van der Waals surface area contributed by atoms with Crippen molar-refractivity contribution in [1.29, 1.82) is 0 Å². The number of nitrogens with zero attached hydrogens (tertiary/aromatic N) is 2. The Hall–Kier alpha value is -4.52. The zero-order chi connectivity index (χ0) is 26.3. The number of amides is 1. The lowest BCUT2D eigenvalue weighted by molar-refractivity contribution is -0.137. The number of oxazole rings is 1. The lowest BCUT2D eigenvalue weighted by Crippen LogP contribution is -2.26. The van der Waals surface area contributed by atoms with E-state index < -0.39 is 5.97 Å². The number of hydrogen-bond acceptors (Lipinski definition) is 5. The lowest BCUT2D eigenvalue weighted by atomic mass is 9.96. The predicted molar refractivity (Wildman–Crippen MR) is 144 cm³/mol. The molecule has 1 amide bonds. The van der Waals surface area contributed by atoms with Crippen LogP contribution in [0.15, 0.2) is 95.9 Å². The molecule has 2 unspecified atom stereocenters. The Labute approximate surface area is 221 Å². The third kappa shape index (κ3) is 6.24. The Balaban J connectivity index is 1.25. The van der Waals surface area contributed by atoms with E-state index in [4.69, 9.17) is 9.52 Å². The summed E-state index contributed by atoms with van der Waals surface area (Å²) in [5.41, 5.74) is 5.30. The van der Waals surface area contributed by atoms with Gasteiger partial charge in [-0.15, -0.1) is 0 Å². The highest BCUT2D eigenvalue weighted by atomic mass is 16.4. The largest absolute Gasteiger partial charge is 0.481 e. The summed E-state index contributed by atoms with van der Waals surface area (Å²) in [7, 11) is 0. The molecule has 1 saturated carbocycles. The highest BCUT2D eigenvalue weighted by Crippen LogP contribution is 2.40. The fourth-order valence-electron chi connectivity index (χ4n) is 4.56. The topological polar surface area (TPSA) is 105 Å². The van der Waals surface area contributed by atoms with Crippen molar-refractivity contribution < 1.29 is 19.1 Å². The molecule has 7 nitrogen and oxygen atoms in total. The quantitative estimate of drug-likeness (QED) is 0.238. The number of carbonyl (C=O) groups excluding carboxylic acids is 1. The average Bonchev–Trinajstić information content (AvgIpc) is 3.53. The molecular formula is C31H29N3O4. The van der Waals surface area contributed by atoms with Gasteiger partial charge in [-0.25, -0.2) is 4.98 Å². The Morgan fingerprint density at radius 2 is 1.82 bits per heavy atom. The Morgan fingerprint density at radius 1 is 1.00 bits per heavy atom. The van der Waals surface area contributed by atoms with Crippen LogP contribution in [0, 0.1) is 0 Å². The van der Waals surface area contributed by atoms with E-state index in [1.807, 2.05) is 60.8 Å². The van der Waals surface area contributed by atoms with Crippen LogP contribution < -0.4 is 5.32 Å². The number of aromatic nitrogens is 2. The van der Waals surface area contributed by atoms with Crippen molar-refractivity contribution in [2.24, 2.45) is 0 Å². The molecule has 2 N–H and O–H groups in total. The molecule has 2 atom stereocenters. The van der Waals surface area contributed by atoms with Gasteiger partial charge in [-0.1, -0.05) is 54.6 Å². The molecule has 1 fully saturated rings. The molecule has 7 heteroatoms. The van der Waals surface area contributed by atoms with Crippen molar-refractivity contribution >= 4 is 17.4 Å². The molecule has 2 heterocycles. The molecule has 1 aliphatic carbocycles. The van der Waals surface area contributed by atoms with Crippen LogP contribution in [0.4, 0.5) is 0 Å². The molecule has 38 heavy (non-hydrogen) atoms. The van der Waals surface area contributed by atoms with Crippen LogP contribution in [-0.4, -0.2) is 33.0 Å². The van der Waals surface area contributed by atoms with E-state index >= 15 is 0 Å². The monoisotopic (exact) mass is 507 g/mol. The maximum atomic E-state index is 12.7. The molecule has 0 saturated heterocycles. The van der Waals surface area contributed by atoms with Gasteiger partial charge in [0.2, 0.25) is 5.89 Å². The number of pyridine rings is 1. The number of unbranched alkanes of at least 4 members (excludes halogenated alkanes) is 2. The summed E-state index contributed by atoms with van der Waals surface area (Å²) in [6.45, 7) is 0. The van der Waals surface area contributed by atoms with Crippen LogP contribution in [0.2, 0.25) is 0 Å². The summed E-state index contributed by atoms with van der Waals surface area (Å²) in [6.07, 6.45) is 10.4. The molecule has 0 bridgehead atoms. The first-order valence-electron chi connectivity index (χ1n) is 12.8. The summed E-state index contributed by atoms with van der Waals surface area (Å²) in [6, 6.07) is 22.0. The van der Waals surface area contributed by atoms with Crippen molar-refractivity contribution in [1.82, 2.24) is 15.3 Å². The van der Waals surface area contributed by atoms with Gasteiger partial charge in [0.1, 0.15) is 6.26 Å². The van der Waals surface area contributed by atoms with E-state index in [2.05, 4.69) is 33.5 Å². The van der Waals surface area contributed by atoms with Crippen molar-refractivity contribution in [3.05, 3.63) is 114 Å². The van der Waals surface area contributed by atoms with Crippen LogP contribution in [0.25, 0.3) is 17.0 Å². The predicted octanol–water partition coefficient (Wildman–Crippen LogP) is 6.10. The molecule has 2 aromatic carbocycles. The zero-order valence-electron chi connectivity index (χ0n) is 20.9. The number of carboxylic acid groups (broad SMARTS) is 1. The Kier molecular flexibility index (Phi) is 7.73. The summed E-state index contributed by atoms with van der Waals surface area (Å²) in [5.74, 6) is -0.270. The van der Waals surface area contributed by atoms with Gasteiger partial charge in [0, 0.05) is 41.9 Å². The normalized spacial score (nSPS) is 16.7. The van der Waals surface area contributed by atoms with Crippen LogP contribution in [0.3, 0.4) is 0 Å². The van der Waals surface area contributed by atoms with Gasteiger partial charge in [0.25, 0.3) is 5.91 Å². The van der Waals surface area contributed by atoms with Gasteiger partial charge in [-0.05, 0) is 60.6 Å². The maximum Gasteiger partial charge on any atom is 0.303 e. The van der Waals surface area contributed by atoms with Crippen LogP contribution >= 0.6 is 0 Å². The first kappa shape index (κ1) is 25.1. The molecule has 2 aromatic heterocycles. The Bertz CT molecular complexity index is 1410. The summed E-state index contributed by atoms with van der Waals surface area (Å²) in [5, 5.41) is 11.9. The molecule has 0 aliphatic heterocycles. The number of allylic oxidation sites excluding steroid dienone is 1. The SMILES string of the molecule is O=C(O)CCCC/C=C(\c1ccc(-c2nc(C(=O)NC3CC3c3ccccc3)co2)cc1)c1cccnc1. The lowest BCUT2D eigenvalue weighted by Gasteiger charge is -2.09. The number of benzene rings is 2. The summed E-state index contributed by atoms with van der Waals surface area (Å²) < 4.78 is 5.64. The molecule has 4 aromatic rings. The van der Waals surface area contributed by atoms with Gasteiger partial charge >= 0.3 is 5.97 Å². The molecule has 0 spiro atoms. The van der Waals surface area contributed by atoms with Gasteiger partial charge in [0.15, 0.2) is 5.69 Å². The smallest absolute Gasteiger partial charge is 0.303 e. The van der Waals surface area contributed by atoms with E-state index in [0.29, 0.717) is 18.2 Å². The fraction of sp³-hybridized carbons (Fsp3) is 0.226. The third-order valence-corrected chi connectivity index (χ3v) is 6.68. The highest BCUT2D eigenvalue weighted by Gasteiger charge is 2.39. The first-order chi connectivity index (χ1) is 18.6. The van der Waals surface area contributed by atoms with Crippen molar-refractivity contribution in [2.45, 2.75) is 44.1 Å². The molecule has 0 radical (unpaired) electrons. The Morgan fingerprint density at radius 3 is 2.55 bits per heavy atom. The van der Waals surface area contributed by atoms with Crippen molar-refractivity contribution in [3.63, 3.8) is 0 Å². The van der Waals surface area contributed by atoms with Gasteiger partial charge in [-0.2, -0.15) is 0 Å². The minimum absolute atomic E-state index is 0.117. The van der Waals surface area contributed by atoms with Crippen LogP contribution in [0.5, 0.6) is 0 Å². The zero-order valence-corrected chi connectivity index (χ0v) is 20.9.